The topological polar surface area (TPSA) is 104 Å². The van der Waals surface area contributed by atoms with Crippen LogP contribution in [-0.2, 0) is 4.74 Å². The number of hydrazine groups is 1. The molecule has 0 amide bonds. The van der Waals surface area contributed by atoms with Gasteiger partial charge in [0.2, 0.25) is 5.84 Å². The Morgan fingerprint density at radius 2 is 2.28 bits per heavy atom. The van der Waals surface area contributed by atoms with E-state index < -0.39 is 0 Å². The van der Waals surface area contributed by atoms with Crippen molar-refractivity contribution in [3.05, 3.63) is 11.9 Å². The van der Waals surface area contributed by atoms with Crippen molar-refractivity contribution < 1.29 is 20.3 Å². The van der Waals surface area contributed by atoms with Crippen molar-refractivity contribution in [1.82, 2.24) is 20.7 Å². The molecule has 0 radical (unpaired) electrons. The highest BCUT2D eigenvalue weighted by molar-refractivity contribution is 5.98. The SMILES string of the molecule is OC[C@@H]1CC[C@H](N2NN=C3C2=CN(O)CN3O)O1. The zero-order valence-corrected chi connectivity index (χ0v) is 9.60. The van der Waals surface area contributed by atoms with Crippen LogP contribution in [0.3, 0.4) is 0 Å². The molecule has 1 fully saturated rings. The third-order valence-electron chi connectivity index (χ3n) is 3.12. The summed E-state index contributed by atoms with van der Waals surface area (Å²) >= 11 is 0. The molecule has 0 aromatic carbocycles. The van der Waals surface area contributed by atoms with Crippen molar-refractivity contribution in [1.29, 1.82) is 0 Å². The molecule has 0 spiro atoms. The van der Waals surface area contributed by atoms with Gasteiger partial charge in [-0.15, -0.1) is 5.10 Å². The second-order valence-electron chi connectivity index (χ2n) is 4.37. The fourth-order valence-corrected chi connectivity index (χ4v) is 2.25. The molecule has 18 heavy (non-hydrogen) atoms. The van der Waals surface area contributed by atoms with Crippen LogP contribution in [0.1, 0.15) is 12.8 Å². The van der Waals surface area contributed by atoms with E-state index in [2.05, 4.69) is 10.6 Å². The zero-order chi connectivity index (χ0) is 12.7. The number of nitrogens with zero attached hydrogens (tertiary/aromatic N) is 4. The maximum Gasteiger partial charge on any atom is 0.203 e. The molecule has 2 atom stereocenters. The lowest BCUT2D eigenvalue weighted by Crippen LogP contribution is -2.46. The molecule has 3 rings (SSSR count). The highest BCUT2D eigenvalue weighted by Crippen LogP contribution is 2.28. The molecule has 0 aromatic rings. The smallest absolute Gasteiger partial charge is 0.203 e. The van der Waals surface area contributed by atoms with E-state index in [4.69, 9.17) is 9.84 Å². The van der Waals surface area contributed by atoms with Crippen LogP contribution < -0.4 is 5.53 Å². The van der Waals surface area contributed by atoms with E-state index in [0.717, 1.165) is 23.0 Å². The number of amidine groups is 1. The van der Waals surface area contributed by atoms with Crippen molar-refractivity contribution in [2.24, 2.45) is 5.10 Å². The number of aliphatic hydroxyl groups is 1. The summed E-state index contributed by atoms with van der Waals surface area (Å²) in [6, 6.07) is 0. The van der Waals surface area contributed by atoms with Crippen molar-refractivity contribution >= 4 is 5.84 Å². The summed E-state index contributed by atoms with van der Waals surface area (Å²) in [5.41, 5.74) is 3.27. The van der Waals surface area contributed by atoms with Gasteiger partial charge < -0.3 is 9.84 Å². The van der Waals surface area contributed by atoms with Gasteiger partial charge in [0.25, 0.3) is 0 Å². The molecule has 9 nitrogen and oxygen atoms in total. The number of nitrogens with one attached hydrogen (secondary N) is 1. The summed E-state index contributed by atoms with van der Waals surface area (Å²) in [5, 5.41) is 35.4. The normalized spacial score (nSPS) is 31.2. The predicted molar refractivity (Wildman–Crippen MR) is 57.6 cm³/mol. The lowest BCUT2D eigenvalue weighted by atomic mass is 10.2. The molecule has 0 bridgehead atoms. The molecular weight excluding hydrogens is 242 g/mol. The molecule has 1 saturated heterocycles. The van der Waals surface area contributed by atoms with Gasteiger partial charge in [0, 0.05) is 0 Å². The highest BCUT2D eigenvalue weighted by atomic mass is 16.6. The lowest BCUT2D eigenvalue weighted by molar-refractivity contribution is -0.149. The van der Waals surface area contributed by atoms with Crippen LogP contribution in [-0.4, -0.2) is 62.1 Å². The molecular formula is C9H15N5O4. The summed E-state index contributed by atoms with van der Waals surface area (Å²) in [5.74, 6) is 0.330. The summed E-state index contributed by atoms with van der Waals surface area (Å²) in [4.78, 5) is 0. The van der Waals surface area contributed by atoms with Crippen LogP contribution in [0.2, 0.25) is 0 Å². The first-order valence-corrected chi connectivity index (χ1v) is 5.72. The monoisotopic (exact) mass is 257 g/mol. The van der Waals surface area contributed by atoms with Crippen LogP contribution >= 0.6 is 0 Å². The van der Waals surface area contributed by atoms with Gasteiger partial charge in [-0.1, -0.05) is 0 Å². The Balaban J connectivity index is 1.77. The van der Waals surface area contributed by atoms with Gasteiger partial charge in [0.05, 0.1) is 18.9 Å². The lowest BCUT2D eigenvalue weighted by Gasteiger charge is -2.31. The number of rotatable bonds is 2. The van der Waals surface area contributed by atoms with Crippen molar-refractivity contribution in [3.8, 4) is 0 Å². The molecule has 0 aliphatic carbocycles. The fourth-order valence-electron chi connectivity index (χ4n) is 2.25. The minimum atomic E-state index is -0.283. The Kier molecular flexibility index (Phi) is 2.74. The quantitative estimate of drug-likeness (QED) is 0.490. The van der Waals surface area contributed by atoms with Gasteiger partial charge in [-0.25, -0.2) is 20.7 Å². The van der Waals surface area contributed by atoms with Crippen LogP contribution in [0.15, 0.2) is 17.0 Å². The van der Waals surface area contributed by atoms with E-state index in [1.807, 2.05) is 0 Å². The Morgan fingerprint density at radius 1 is 1.44 bits per heavy atom. The van der Waals surface area contributed by atoms with Gasteiger partial charge in [-0.2, -0.15) is 0 Å². The number of ether oxygens (including phenoxy) is 1. The van der Waals surface area contributed by atoms with E-state index in [9.17, 15) is 10.4 Å². The highest BCUT2D eigenvalue weighted by Gasteiger charge is 2.38. The van der Waals surface area contributed by atoms with Crippen LogP contribution in [0.25, 0.3) is 0 Å². The number of hydrogen-bond donors (Lipinski definition) is 4. The first-order chi connectivity index (χ1) is 8.69. The minimum Gasteiger partial charge on any atom is -0.394 e. The number of fused-ring (bicyclic) bond motifs is 1. The molecule has 0 unspecified atom stereocenters. The molecule has 0 aromatic heterocycles. The van der Waals surface area contributed by atoms with E-state index in [0.29, 0.717) is 11.5 Å². The van der Waals surface area contributed by atoms with Crippen LogP contribution in [0.4, 0.5) is 0 Å². The first-order valence-electron chi connectivity index (χ1n) is 5.72. The van der Waals surface area contributed by atoms with Gasteiger partial charge >= 0.3 is 0 Å². The Bertz CT molecular complexity index is 400. The van der Waals surface area contributed by atoms with E-state index >= 15 is 0 Å². The Hall–Kier alpha value is -1.55. The molecule has 3 aliphatic rings. The number of hydrazone groups is 1. The maximum atomic E-state index is 9.62. The largest absolute Gasteiger partial charge is 0.394 e. The minimum absolute atomic E-state index is 0.0185. The molecule has 0 saturated carbocycles. The third-order valence-corrected chi connectivity index (χ3v) is 3.12. The Morgan fingerprint density at radius 3 is 3.00 bits per heavy atom. The van der Waals surface area contributed by atoms with Crippen LogP contribution in [0.5, 0.6) is 0 Å². The summed E-state index contributed by atoms with van der Waals surface area (Å²) in [6.07, 6.45) is 2.49. The summed E-state index contributed by atoms with van der Waals surface area (Å²) < 4.78 is 5.61. The molecule has 4 N–H and O–H groups in total. The van der Waals surface area contributed by atoms with Crippen LogP contribution in [0, 0.1) is 0 Å². The van der Waals surface area contributed by atoms with E-state index in [1.165, 1.54) is 6.20 Å². The molecule has 9 heteroatoms. The second-order valence-corrected chi connectivity index (χ2v) is 4.37. The molecule has 3 aliphatic heterocycles. The number of hydroxylamine groups is 4. The maximum absolute atomic E-state index is 9.62. The van der Waals surface area contributed by atoms with Gasteiger partial charge in [-0.3, -0.25) is 10.4 Å². The Labute approximate surface area is 103 Å². The summed E-state index contributed by atoms with van der Waals surface area (Å²) in [6.45, 7) is -0.0853. The van der Waals surface area contributed by atoms with Crippen molar-refractivity contribution in [3.63, 3.8) is 0 Å². The molecule has 3 heterocycles. The van der Waals surface area contributed by atoms with Crippen molar-refractivity contribution in [2.75, 3.05) is 13.3 Å². The average molecular weight is 257 g/mol. The van der Waals surface area contributed by atoms with Gasteiger partial charge in [0.1, 0.15) is 12.4 Å². The van der Waals surface area contributed by atoms with E-state index in [1.54, 1.807) is 5.01 Å². The standard InChI is InChI=1S/C9H15N5O4/c15-4-6-1-2-8(18-6)14-7-3-12(16)5-13(17)9(7)10-11-14/h3,6,8,11,15-17H,1-2,4-5H2/t6-,8+/m0/s1. The van der Waals surface area contributed by atoms with E-state index in [-0.39, 0.29) is 25.6 Å². The number of hydrogen-bond acceptors (Lipinski definition) is 9. The summed E-state index contributed by atoms with van der Waals surface area (Å²) in [7, 11) is 0. The third kappa shape index (κ3) is 1.77. The molecule has 100 valence electrons. The number of aliphatic hydroxyl groups excluding tert-OH is 1. The van der Waals surface area contributed by atoms with Crippen molar-refractivity contribution in [2.45, 2.75) is 25.2 Å². The second kappa shape index (κ2) is 4.28. The zero-order valence-electron chi connectivity index (χ0n) is 9.60. The average Bonchev–Trinajstić information content (AvgIpc) is 2.93. The predicted octanol–water partition coefficient (Wildman–Crippen LogP) is -1.19. The first kappa shape index (κ1) is 11.5. The van der Waals surface area contributed by atoms with Gasteiger partial charge in [-0.05, 0) is 12.8 Å². The fraction of sp³-hybridized carbons (Fsp3) is 0.667. The van der Waals surface area contributed by atoms with Gasteiger partial charge in [0.15, 0.2) is 6.23 Å².